The van der Waals surface area contributed by atoms with Crippen molar-refractivity contribution in [2.24, 2.45) is 5.41 Å². The first-order valence-electron chi connectivity index (χ1n) is 6.32. The van der Waals surface area contributed by atoms with Gasteiger partial charge < -0.3 is 5.32 Å². The molecular formula is C14H19N3. The van der Waals surface area contributed by atoms with Crippen molar-refractivity contribution in [1.82, 2.24) is 4.98 Å². The molecule has 0 atom stereocenters. The molecule has 3 heteroatoms. The lowest BCUT2D eigenvalue weighted by Gasteiger charge is -2.33. The minimum Gasteiger partial charge on any atom is -0.369 e. The maximum Gasteiger partial charge on any atom is 0.127 e. The monoisotopic (exact) mass is 229 g/mol. The Balaban J connectivity index is 1.95. The lowest BCUT2D eigenvalue weighted by Crippen LogP contribution is -2.29. The molecule has 2 rings (SSSR count). The van der Waals surface area contributed by atoms with E-state index in [4.69, 9.17) is 5.26 Å². The molecule has 0 saturated heterocycles. The summed E-state index contributed by atoms with van der Waals surface area (Å²) < 4.78 is 0. The van der Waals surface area contributed by atoms with Crippen molar-refractivity contribution in [3.05, 3.63) is 23.9 Å². The van der Waals surface area contributed by atoms with Gasteiger partial charge >= 0.3 is 0 Å². The number of rotatable bonds is 3. The van der Waals surface area contributed by atoms with Crippen molar-refractivity contribution in [2.45, 2.75) is 39.0 Å². The third-order valence-corrected chi connectivity index (χ3v) is 3.65. The fourth-order valence-electron chi connectivity index (χ4n) is 2.48. The van der Waals surface area contributed by atoms with Gasteiger partial charge in [-0.25, -0.2) is 4.98 Å². The summed E-state index contributed by atoms with van der Waals surface area (Å²) in [6, 6.07) is 5.68. The Hall–Kier alpha value is -1.56. The molecule has 0 aromatic carbocycles. The average molecular weight is 229 g/mol. The molecule has 0 aliphatic heterocycles. The normalized spacial score (nSPS) is 18.4. The summed E-state index contributed by atoms with van der Waals surface area (Å²) in [4.78, 5) is 4.24. The van der Waals surface area contributed by atoms with Crippen LogP contribution in [-0.2, 0) is 0 Å². The molecule has 1 aliphatic rings. The van der Waals surface area contributed by atoms with Gasteiger partial charge in [0.15, 0.2) is 0 Å². The molecule has 17 heavy (non-hydrogen) atoms. The van der Waals surface area contributed by atoms with Crippen molar-refractivity contribution in [1.29, 1.82) is 5.26 Å². The van der Waals surface area contributed by atoms with Crippen molar-refractivity contribution >= 4 is 5.82 Å². The summed E-state index contributed by atoms with van der Waals surface area (Å²) in [5, 5.41) is 12.2. The Morgan fingerprint density at radius 2 is 2.18 bits per heavy atom. The van der Waals surface area contributed by atoms with E-state index in [0.29, 0.717) is 11.0 Å². The summed E-state index contributed by atoms with van der Waals surface area (Å²) in [6.45, 7) is 3.29. The van der Waals surface area contributed by atoms with Crippen LogP contribution in [0.25, 0.3) is 0 Å². The molecule has 0 spiro atoms. The number of nitrogens with one attached hydrogen (secondary N) is 1. The number of aromatic nitrogens is 1. The molecule has 1 fully saturated rings. The number of nitrogens with zero attached hydrogens (tertiary/aromatic N) is 2. The number of pyridine rings is 1. The minimum atomic E-state index is 0.391. The van der Waals surface area contributed by atoms with Gasteiger partial charge in [-0.05, 0) is 30.4 Å². The first-order valence-corrected chi connectivity index (χ1v) is 6.32. The third kappa shape index (κ3) is 3.20. The standard InChI is InChI=1S/C14H19N3/c1-14(6-3-2-4-7-14)11-17-13-9-12(10-15)5-8-16-13/h5,8-9H,2-4,6-7,11H2,1H3,(H,16,17). The van der Waals surface area contributed by atoms with Crippen molar-refractivity contribution < 1.29 is 0 Å². The number of hydrogen-bond donors (Lipinski definition) is 1. The van der Waals surface area contributed by atoms with Crippen molar-refractivity contribution in [3.63, 3.8) is 0 Å². The van der Waals surface area contributed by atoms with Gasteiger partial charge in [0.05, 0.1) is 11.6 Å². The number of anilines is 1. The Morgan fingerprint density at radius 1 is 1.41 bits per heavy atom. The van der Waals surface area contributed by atoms with Crippen LogP contribution >= 0.6 is 0 Å². The van der Waals surface area contributed by atoms with Crippen LogP contribution in [-0.4, -0.2) is 11.5 Å². The molecular weight excluding hydrogens is 210 g/mol. The second-order valence-corrected chi connectivity index (χ2v) is 5.27. The van der Waals surface area contributed by atoms with Crippen LogP contribution in [0.4, 0.5) is 5.82 Å². The molecule has 0 amide bonds. The van der Waals surface area contributed by atoms with E-state index in [0.717, 1.165) is 12.4 Å². The van der Waals surface area contributed by atoms with Crippen molar-refractivity contribution in [3.8, 4) is 6.07 Å². The molecule has 0 radical (unpaired) electrons. The second-order valence-electron chi connectivity index (χ2n) is 5.27. The van der Waals surface area contributed by atoms with Gasteiger partial charge in [0.2, 0.25) is 0 Å². The molecule has 1 heterocycles. The van der Waals surface area contributed by atoms with E-state index in [-0.39, 0.29) is 0 Å². The highest BCUT2D eigenvalue weighted by Gasteiger charge is 2.26. The maximum absolute atomic E-state index is 8.82. The van der Waals surface area contributed by atoms with Crippen LogP contribution in [0.3, 0.4) is 0 Å². The molecule has 90 valence electrons. The first-order chi connectivity index (χ1) is 8.22. The molecule has 1 saturated carbocycles. The molecule has 0 bridgehead atoms. The lowest BCUT2D eigenvalue weighted by molar-refractivity contribution is 0.233. The van der Waals surface area contributed by atoms with Gasteiger partial charge in [-0.1, -0.05) is 26.2 Å². The van der Waals surface area contributed by atoms with E-state index in [1.165, 1.54) is 32.1 Å². The third-order valence-electron chi connectivity index (χ3n) is 3.65. The fourth-order valence-corrected chi connectivity index (χ4v) is 2.48. The topological polar surface area (TPSA) is 48.7 Å². The van der Waals surface area contributed by atoms with Gasteiger partial charge in [-0.3, -0.25) is 0 Å². The van der Waals surface area contributed by atoms with E-state index in [1.807, 2.05) is 6.07 Å². The average Bonchev–Trinajstić information content (AvgIpc) is 2.38. The molecule has 3 nitrogen and oxygen atoms in total. The molecule has 1 aliphatic carbocycles. The molecule has 1 aromatic rings. The van der Waals surface area contributed by atoms with Gasteiger partial charge in [0.1, 0.15) is 5.82 Å². The van der Waals surface area contributed by atoms with Gasteiger partial charge in [-0.15, -0.1) is 0 Å². The van der Waals surface area contributed by atoms with Gasteiger partial charge in [-0.2, -0.15) is 5.26 Å². The molecule has 1 N–H and O–H groups in total. The summed E-state index contributed by atoms with van der Waals surface area (Å²) >= 11 is 0. The minimum absolute atomic E-state index is 0.391. The van der Waals surface area contributed by atoms with Gasteiger partial charge in [0.25, 0.3) is 0 Å². The highest BCUT2D eigenvalue weighted by atomic mass is 15.0. The highest BCUT2D eigenvalue weighted by molar-refractivity contribution is 5.42. The zero-order valence-corrected chi connectivity index (χ0v) is 10.4. The van der Waals surface area contributed by atoms with E-state index < -0.39 is 0 Å². The first kappa shape index (κ1) is 11.9. The molecule has 0 unspecified atom stereocenters. The second kappa shape index (κ2) is 5.18. The van der Waals surface area contributed by atoms with E-state index in [2.05, 4.69) is 23.3 Å². The quantitative estimate of drug-likeness (QED) is 0.864. The largest absolute Gasteiger partial charge is 0.369 e. The van der Waals surface area contributed by atoms with Gasteiger partial charge in [0, 0.05) is 12.7 Å². The van der Waals surface area contributed by atoms with Crippen molar-refractivity contribution in [2.75, 3.05) is 11.9 Å². The van der Waals surface area contributed by atoms with Crippen LogP contribution in [0.2, 0.25) is 0 Å². The predicted molar refractivity (Wildman–Crippen MR) is 68.6 cm³/mol. The Kier molecular flexibility index (Phi) is 3.63. The number of nitriles is 1. The summed E-state index contributed by atoms with van der Waals surface area (Å²) in [6.07, 6.45) is 8.31. The zero-order chi connectivity index (χ0) is 12.1. The van der Waals surface area contributed by atoms with Crippen LogP contribution < -0.4 is 5.32 Å². The summed E-state index contributed by atoms with van der Waals surface area (Å²) in [5.41, 5.74) is 1.05. The molecule has 1 aromatic heterocycles. The van der Waals surface area contributed by atoms with Crippen LogP contribution in [0, 0.1) is 16.7 Å². The SMILES string of the molecule is CC1(CNc2cc(C#N)ccn2)CCCCC1. The van der Waals surface area contributed by atoms with Crippen LogP contribution in [0.15, 0.2) is 18.3 Å². The lowest BCUT2D eigenvalue weighted by atomic mass is 9.76. The summed E-state index contributed by atoms with van der Waals surface area (Å²) in [7, 11) is 0. The fraction of sp³-hybridized carbons (Fsp3) is 0.571. The smallest absolute Gasteiger partial charge is 0.127 e. The van der Waals surface area contributed by atoms with Crippen LogP contribution in [0.1, 0.15) is 44.6 Å². The summed E-state index contributed by atoms with van der Waals surface area (Å²) in [5.74, 6) is 0.816. The zero-order valence-electron chi connectivity index (χ0n) is 10.4. The van der Waals surface area contributed by atoms with E-state index in [1.54, 1.807) is 12.3 Å². The highest BCUT2D eigenvalue weighted by Crippen LogP contribution is 2.35. The Bertz CT molecular complexity index is 414. The van der Waals surface area contributed by atoms with E-state index >= 15 is 0 Å². The number of hydrogen-bond acceptors (Lipinski definition) is 3. The predicted octanol–water partition coefficient (Wildman–Crippen LogP) is 3.34. The van der Waals surface area contributed by atoms with Crippen LogP contribution in [0.5, 0.6) is 0 Å². The van der Waals surface area contributed by atoms with E-state index in [9.17, 15) is 0 Å². The Morgan fingerprint density at radius 3 is 2.88 bits per heavy atom. The maximum atomic E-state index is 8.82. The Labute approximate surface area is 103 Å².